The van der Waals surface area contributed by atoms with Crippen LogP contribution < -0.4 is 4.72 Å². The molecule has 0 fully saturated rings. The predicted molar refractivity (Wildman–Crippen MR) is 84.3 cm³/mol. The first-order valence-corrected chi connectivity index (χ1v) is 8.95. The number of hydrogen-bond donors (Lipinski definition) is 2. The summed E-state index contributed by atoms with van der Waals surface area (Å²) < 4.78 is 27.1. The van der Waals surface area contributed by atoms with E-state index in [1.54, 1.807) is 12.1 Å². The summed E-state index contributed by atoms with van der Waals surface area (Å²) in [6.45, 7) is 3.96. The van der Waals surface area contributed by atoms with Crippen LogP contribution in [0.1, 0.15) is 23.1 Å². The Hall–Kier alpha value is -1.44. The van der Waals surface area contributed by atoms with Crippen LogP contribution in [0.5, 0.6) is 0 Å². The lowest BCUT2D eigenvalue weighted by molar-refractivity contribution is 0.299. The number of sulfonamides is 1. The Labute approximate surface area is 128 Å². The van der Waals surface area contributed by atoms with E-state index in [4.69, 9.17) is 5.11 Å². The van der Waals surface area contributed by atoms with E-state index in [0.29, 0.717) is 11.6 Å². The lowest BCUT2D eigenvalue weighted by Gasteiger charge is -2.06. The van der Waals surface area contributed by atoms with Crippen molar-refractivity contribution in [3.63, 3.8) is 0 Å². The molecule has 0 unspecified atom stereocenters. The molecule has 0 aliphatic heterocycles. The molecule has 2 N–H and O–H groups in total. The molecule has 7 heteroatoms. The third-order valence-corrected chi connectivity index (χ3v) is 5.50. The minimum atomic E-state index is -3.62. The van der Waals surface area contributed by atoms with Gasteiger partial charge in [0.05, 0.1) is 10.6 Å². The van der Waals surface area contributed by atoms with Crippen LogP contribution in [0.25, 0.3) is 0 Å². The van der Waals surface area contributed by atoms with Gasteiger partial charge in [0.25, 0.3) is 10.0 Å². The number of aryl methyl sites for hydroxylation is 2. The van der Waals surface area contributed by atoms with E-state index in [1.807, 2.05) is 13.8 Å². The number of aliphatic hydroxyl groups excluding tert-OH is 1. The Balaban J connectivity index is 2.20. The Morgan fingerprint density at radius 2 is 1.95 bits per heavy atom. The molecule has 2 rings (SSSR count). The summed E-state index contributed by atoms with van der Waals surface area (Å²) in [7, 11) is -3.62. The molecule has 5 nitrogen and oxygen atoms in total. The van der Waals surface area contributed by atoms with Crippen LogP contribution in [0.4, 0.5) is 5.13 Å². The van der Waals surface area contributed by atoms with Crippen molar-refractivity contribution in [2.75, 3.05) is 11.3 Å². The van der Waals surface area contributed by atoms with Crippen molar-refractivity contribution in [1.29, 1.82) is 0 Å². The highest BCUT2D eigenvalue weighted by Crippen LogP contribution is 2.25. The van der Waals surface area contributed by atoms with Gasteiger partial charge < -0.3 is 5.11 Å². The molecule has 1 aromatic carbocycles. The van der Waals surface area contributed by atoms with Crippen LogP contribution >= 0.6 is 11.3 Å². The first-order chi connectivity index (χ1) is 9.96. The van der Waals surface area contributed by atoms with Gasteiger partial charge >= 0.3 is 0 Å². The number of nitrogens with one attached hydrogen (secondary N) is 1. The number of hydrogen-bond acceptors (Lipinski definition) is 5. The van der Waals surface area contributed by atoms with E-state index in [0.717, 1.165) is 22.6 Å². The van der Waals surface area contributed by atoms with Gasteiger partial charge in [0.15, 0.2) is 5.13 Å². The van der Waals surface area contributed by atoms with Gasteiger partial charge in [-0.3, -0.25) is 4.72 Å². The van der Waals surface area contributed by atoms with Crippen LogP contribution in [0, 0.1) is 6.92 Å². The molecule has 0 bridgehead atoms. The van der Waals surface area contributed by atoms with Crippen molar-refractivity contribution in [3.05, 3.63) is 40.4 Å². The summed E-state index contributed by atoms with van der Waals surface area (Å²) in [5.74, 6) is 0. The van der Waals surface area contributed by atoms with Gasteiger partial charge in [-0.2, -0.15) is 0 Å². The van der Waals surface area contributed by atoms with Crippen LogP contribution in [-0.2, 0) is 22.9 Å². The zero-order chi connectivity index (χ0) is 15.5. The second-order valence-electron chi connectivity index (χ2n) is 4.60. The second-order valence-corrected chi connectivity index (χ2v) is 7.48. The number of nitrogens with zero attached hydrogens (tertiary/aromatic N) is 1. The lowest BCUT2D eigenvalue weighted by Crippen LogP contribution is -2.12. The lowest BCUT2D eigenvalue weighted by atomic mass is 10.2. The van der Waals surface area contributed by atoms with Gasteiger partial charge in [0, 0.05) is 11.5 Å². The summed E-state index contributed by atoms with van der Waals surface area (Å²) in [6, 6.07) is 6.48. The molecular weight excluding hydrogens is 308 g/mol. The van der Waals surface area contributed by atoms with Gasteiger partial charge in [-0.25, -0.2) is 13.4 Å². The molecule has 0 saturated heterocycles. The Kier molecular flexibility index (Phi) is 4.97. The van der Waals surface area contributed by atoms with Crippen molar-refractivity contribution in [2.24, 2.45) is 0 Å². The molecule has 0 atom stereocenters. The van der Waals surface area contributed by atoms with Gasteiger partial charge in [-0.05, 0) is 37.5 Å². The van der Waals surface area contributed by atoms with Crippen LogP contribution in [0.2, 0.25) is 0 Å². The van der Waals surface area contributed by atoms with Crippen molar-refractivity contribution in [2.45, 2.75) is 31.6 Å². The fourth-order valence-electron chi connectivity index (χ4n) is 1.94. The third kappa shape index (κ3) is 3.81. The smallest absolute Gasteiger partial charge is 0.263 e. The molecule has 1 aromatic heterocycles. The molecule has 0 saturated carbocycles. The predicted octanol–water partition coefficient (Wildman–Crippen LogP) is 2.35. The van der Waals surface area contributed by atoms with E-state index in [2.05, 4.69) is 9.71 Å². The van der Waals surface area contributed by atoms with Crippen molar-refractivity contribution >= 4 is 26.5 Å². The third-order valence-electron chi connectivity index (χ3n) is 3.08. The highest BCUT2D eigenvalue weighted by Gasteiger charge is 2.17. The molecule has 0 radical (unpaired) electrons. The fourth-order valence-corrected chi connectivity index (χ4v) is 4.08. The maximum absolute atomic E-state index is 12.3. The van der Waals surface area contributed by atoms with Gasteiger partial charge in [-0.15, -0.1) is 11.3 Å². The maximum atomic E-state index is 12.3. The van der Waals surface area contributed by atoms with Crippen LogP contribution in [0.15, 0.2) is 29.2 Å². The highest BCUT2D eigenvalue weighted by atomic mass is 32.2. The molecule has 0 aliphatic carbocycles. The van der Waals surface area contributed by atoms with Gasteiger partial charge in [0.2, 0.25) is 0 Å². The molecular formula is C14H18N2O3S2. The molecule has 21 heavy (non-hydrogen) atoms. The topological polar surface area (TPSA) is 79.3 Å². The zero-order valence-corrected chi connectivity index (χ0v) is 13.6. The normalized spacial score (nSPS) is 11.6. The number of rotatable bonds is 6. The number of aromatic nitrogens is 1. The van der Waals surface area contributed by atoms with Crippen molar-refractivity contribution in [1.82, 2.24) is 4.98 Å². The Morgan fingerprint density at radius 3 is 2.48 bits per heavy atom. The number of thiazole rings is 1. The molecule has 0 spiro atoms. The van der Waals surface area contributed by atoms with Crippen LogP contribution in [0.3, 0.4) is 0 Å². The van der Waals surface area contributed by atoms with E-state index in [9.17, 15) is 8.42 Å². The SMILES string of the molecule is CCc1nc(NS(=O)(=O)c2ccc(CCO)cc2)sc1C. The molecule has 0 aliphatic rings. The van der Waals surface area contributed by atoms with Crippen molar-refractivity contribution < 1.29 is 13.5 Å². The summed E-state index contributed by atoms with van der Waals surface area (Å²) in [4.78, 5) is 5.49. The minimum Gasteiger partial charge on any atom is -0.396 e. The summed E-state index contributed by atoms with van der Waals surface area (Å²) in [6.07, 6.45) is 1.29. The maximum Gasteiger partial charge on any atom is 0.263 e. The van der Waals surface area contributed by atoms with Gasteiger partial charge in [-0.1, -0.05) is 19.1 Å². The number of benzene rings is 1. The second kappa shape index (κ2) is 6.55. The number of anilines is 1. The molecule has 114 valence electrons. The number of aliphatic hydroxyl groups is 1. The first-order valence-electron chi connectivity index (χ1n) is 6.65. The van der Waals surface area contributed by atoms with E-state index in [1.165, 1.54) is 23.5 Å². The summed E-state index contributed by atoms with van der Waals surface area (Å²) >= 11 is 1.34. The molecule has 1 heterocycles. The van der Waals surface area contributed by atoms with E-state index >= 15 is 0 Å². The fraction of sp³-hybridized carbons (Fsp3) is 0.357. The Morgan fingerprint density at radius 1 is 1.29 bits per heavy atom. The van der Waals surface area contributed by atoms with Crippen LogP contribution in [-0.4, -0.2) is 25.1 Å². The Bertz CT molecular complexity index is 706. The summed E-state index contributed by atoms with van der Waals surface area (Å²) in [5, 5.41) is 9.25. The highest BCUT2D eigenvalue weighted by molar-refractivity contribution is 7.93. The minimum absolute atomic E-state index is 0.0442. The monoisotopic (exact) mass is 326 g/mol. The van der Waals surface area contributed by atoms with Crippen molar-refractivity contribution in [3.8, 4) is 0 Å². The first kappa shape index (κ1) is 15.9. The van der Waals surface area contributed by atoms with Gasteiger partial charge in [0.1, 0.15) is 0 Å². The average molecular weight is 326 g/mol. The van der Waals surface area contributed by atoms with E-state index < -0.39 is 10.0 Å². The zero-order valence-electron chi connectivity index (χ0n) is 12.0. The molecule has 2 aromatic rings. The standard InChI is InChI=1S/C14H18N2O3S2/c1-3-13-10(2)20-14(15-13)16-21(18,19)12-6-4-11(5-7-12)8-9-17/h4-7,17H,3,8-9H2,1-2H3,(H,15,16). The average Bonchev–Trinajstić information content (AvgIpc) is 2.79. The quantitative estimate of drug-likeness (QED) is 0.854. The summed E-state index contributed by atoms with van der Waals surface area (Å²) in [5.41, 5.74) is 1.81. The largest absolute Gasteiger partial charge is 0.396 e. The molecule has 0 amide bonds. The van der Waals surface area contributed by atoms with E-state index in [-0.39, 0.29) is 11.5 Å².